The van der Waals surface area contributed by atoms with Gasteiger partial charge in [0.2, 0.25) is 0 Å². The predicted octanol–water partition coefficient (Wildman–Crippen LogP) is 1.95. The minimum Gasteiger partial charge on any atom is -0.375 e. The summed E-state index contributed by atoms with van der Waals surface area (Å²) in [7, 11) is 0. The van der Waals surface area contributed by atoms with E-state index in [-0.39, 0.29) is 0 Å². The van der Waals surface area contributed by atoms with E-state index >= 15 is 0 Å². The molecule has 1 heteroatoms. The number of hydrogen-bond donors (Lipinski definition) is 0. The maximum atomic E-state index is 3.44. The maximum Gasteiger partial charge on any atom is 0.0175 e. The summed E-state index contributed by atoms with van der Waals surface area (Å²) in [5.41, 5.74) is 1.51. The molecule has 2 rings (SSSR count). The van der Waals surface area contributed by atoms with E-state index in [9.17, 15) is 0 Å². The molecule has 1 heterocycles. The third-order valence-electron chi connectivity index (χ3n) is 2.41. The normalized spacial score (nSPS) is 25.6. The third kappa shape index (κ3) is 1.05. The smallest absolute Gasteiger partial charge is 0.0175 e. The second-order valence-electron chi connectivity index (χ2n) is 3.17. The van der Waals surface area contributed by atoms with Gasteiger partial charge in [-0.3, -0.25) is 0 Å². The highest BCUT2D eigenvalue weighted by atomic mass is 15.1. The van der Waals surface area contributed by atoms with Crippen molar-refractivity contribution in [2.24, 2.45) is 0 Å². The molecular weight excluding hydrogens is 122 g/mol. The van der Waals surface area contributed by atoms with Gasteiger partial charge in [0.15, 0.2) is 0 Å². The fourth-order valence-corrected chi connectivity index (χ4v) is 1.83. The highest BCUT2D eigenvalue weighted by molar-refractivity contribution is 5.02. The van der Waals surface area contributed by atoms with Crippen LogP contribution in [0.15, 0.2) is 5.70 Å². The first-order valence-electron chi connectivity index (χ1n) is 4.31. The van der Waals surface area contributed by atoms with Gasteiger partial charge in [0.1, 0.15) is 0 Å². The van der Waals surface area contributed by atoms with Crippen molar-refractivity contribution in [2.75, 3.05) is 13.1 Å². The second-order valence-corrected chi connectivity index (χ2v) is 3.17. The first-order valence-corrected chi connectivity index (χ1v) is 4.31. The van der Waals surface area contributed by atoms with Crippen LogP contribution in [-0.2, 0) is 0 Å². The summed E-state index contributed by atoms with van der Waals surface area (Å²) in [4.78, 5) is 2.51. The Kier molecular flexibility index (Phi) is 1.66. The molecule has 55 valence electrons. The van der Waals surface area contributed by atoms with Crippen LogP contribution in [0.4, 0.5) is 0 Å². The fraction of sp³-hybridized carbons (Fsp3) is 0.778. The lowest BCUT2D eigenvalue weighted by Gasteiger charge is -2.17. The zero-order valence-corrected chi connectivity index (χ0v) is 6.40. The molecule has 1 radical (unpaired) electrons. The van der Waals surface area contributed by atoms with Crippen molar-refractivity contribution in [3.63, 3.8) is 0 Å². The monoisotopic (exact) mass is 136 g/mol. The molecule has 0 bridgehead atoms. The van der Waals surface area contributed by atoms with E-state index in [0.717, 1.165) is 0 Å². The topological polar surface area (TPSA) is 3.24 Å². The van der Waals surface area contributed by atoms with Gasteiger partial charge in [0, 0.05) is 18.8 Å². The Morgan fingerprint density at radius 1 is 1.10 bits per heavy atom. The van der Waals surface area contributed by atoms with Crippen LogP contribution in [0.1, 0.15) is 32.1 Å². The molecule has 0 N–H and O–H groups in total. The van der Waals surface area contributed by atoms with E-state index in [2.05, 4.69) is 11.0 Å². The maximum absolute atomic E-state index is 3.44. The minimum atomic E-state index is 1.20. The van der Waals surface area contributed by atoms with Gasteiger partial charge in [-0.25, -0.2) is 0 Å². The summed E-state index contributed by atoms with van der Waals surface area (Å²) in [6.45, 7) is 2.59. The fourth-order valence-electron chi connectivity index (χ4n) is 1.83. The van der Waals surface area contributed by atoms with Crippen LogP contribution in [-0.4, -0.2) is 18.0 Å². The molecule has 0 saturated carbocycles. The van der Waals surface area contributed by atoms with Crippen molar-refractivity contribution >= 4 is 0 Å². The van der Waals surface area contributed by atoms with E-state index in [1.54, 1.807) is 0 Å². The van der Waals surface area contributed by atoms with Gasteiger partial charge in [-0.2, -0.15) is 0 Å². The highest BCUT2D eigenvalue weighted by Gasteiger charge is 2.16. The van der Waals surface area contributed by atoms with E-state index in [4.69, 9.17) is 0 Å². The van der Waals surface area contributed by atoms with E-state index in [0.29, 0.717) is 0 Å². The molecule has 0 atom stereocenters. The van der Waals surface area contributed by atoms with Crippen molar-refractivity contribution in [3.05, 3.63) is 11.8 Å². The van der Waals surface area contributed by atoms with Crippen molar-refractivity contribution in [1.29, 1.82) is 0 Å². The summed E-state index contributed by atoms with van der Waals surface area (Å²) in [6.07, 6.45) is 10.1. The van der Waals surface area contributed by atoms with Gasteiger partial charge in [0.25, 0.3) is 0 Å². The van der Waals surface area contributed by atoms with E-state index in [1.165, 1.54) is 50.9 Å². The highest BCUT2D eigenvalue weighted by Crippen LogP contribution is 2.23. The Morgan fingerprint density at radius 3 is 2.50 bits per heavy atom. The molecule has 0 aromatic heterocycles. The van der Waals surface area contributed by atoms with Crippen molar-refractivity contribution in [2.45, 2.75) is 32.1 Å². The lowest BCUT2D eigenvalue weighted by Crippen LogP contribution is -2.16. The number of likely N-dealkylation sites (tertiary alicyclic amines) is 1. The van der Waals surface area contributed by atoms with Gasteiger partial charge in [-0.05, 0) is 38.2 Å². The zero-order valence-electron chi connectivity index (χ0n) is 6.40. The lowest BCUT2D eigenvalue weighted by atomic mass is 10.3. The van der Waals surface area contributed by atoms with Crippen molar-refractivity contribution in [1.82, 2.24) is 4.90 Å². The van der Waals surface area contributed by atoms with Gasteiger partial charge in [0.05, 0.1) is 0 Å². The Morgan fingerprint density at radius 2 is 1.90 bits per heavy atom. The quantitative estimate of drug-likeness (QED) is 0.532. The molecule has 0 amide bonds. The third-order valence-corrected chi connectivity index (χ3v) is 2.41. The second kappa shape index (κ2) is 2.65. The molecule has 1 aliphatic carbocycles. The molecular formula is C9H14N. The van der Waals surface area contributed by atoms with Crippen LogP contribution in [0.2, 0.25) is 0 Å². The number of hydrogen-bond acceptors (Lipinski definition) is 1. The average Bonchev–Trinajstić information content (AvgIpc) is 2.59. The molecule has 0 aromatic rings. The molecule has 1 saturated heterocycles. The SMILES string of the molecule is [C]1=C(N2CCCC2)CCC1. The van der Waals surface area contributed by atoms with Crippen molar-refractivity contribution in [3.8, 4) is 0 Å². The molecule has 2 aliphatic rings. The largest absolute Gasteiger partial charge is 0.375 e. The van der Waals surface area contributed by atoms with Crippen molar-refractivity contribution < 1.29 is 0 Å². The first kappa shape index (κ1) is 6.26. The van der Waals surface area contributed by atoms with Crippen LogP contribution in [0, 0.1) is 6.08 Å². The minimum absolute atomic E-state index is 1.20. The zero-order chi connectivity index (χ0) is 6.81. The van der Waals surface area contributed by atoms with Gasteiger partial charge in [-0.1, -0.05) is 0 Å². The van der Waals surface area contributed by atoms with Gasteiger partial charge < -0.3 is 4.90 Å². The van der Waals surface area contributed by atoms with Gasteiger partial charge in [-0.15, -0.1) is 0 Å². The Hall–Kier alpha value is -0.460. The van der Waals surface area contributed by atoms with Crippen LogP contribution in [0.5, 0.6) is 0 Å². The molecule has 0 unspecified atom stereocenters. The van der Waals surface area contributed by atoms with Crippen LogP contribution in [0.3, 0.4) is 0 Å². The number of nitrogens with zero attached hydrogens (tertiary/aromatic N) is 1. The van der Waals surface area contributed by atoms with Crippen LogP contribution >= 0.6 is 0 Å². The Labute approximate surface area is 62.7 Å². The molecule has 1 fully saturated rings. The number of rotatable bonds is 1. The van der Waals surface area contributed by atoms with Gasteiger partial charge >= 0.3 is 0 Å². The summed E-state index contributed by atoms with van der Waals surface area (Å²) >= 11 is 0. The Balaban J connectivity index is 1.97. The van der Waals surface area contributed by atoms with E-state index < -0.39 is 0 Å². The summed E-state index contributed by atoms with van der Waals surface area (Å²) < 4.78 is 0. The summed E-state index contributed by atoms with van der Waals surface area (Å²) in [6, 6.07) is 0. The first-order chi connectivity index (χ1) is 4.97. The molecule has 1 nitrogen and oxygen atoms in total. The standard InChI is InChI=1S/C9H14N/c1-2-6-9(5-1)10-7-3-4-8-10/h1-5,7-8H2. The number of allylic oxidation sites excluding steroid dienone is 2. The summed E-state index contributed by atoms with van der Waals surface area (Å²) in [5, 5.41) is 0. The summed E-state index contributed by atoms with van der Waals surface area (Å²) in [5.74, 6) is 0. The molecule has 10 heavy (non-hydrogen) atoms. The van der Waals surface area contributed by atoms with Crippen LogP contribution in [0.25, 0.3) is 0 Å². The molecule has 0 spiro atoms. The molecule has 1 aliphatic heterocycles. The average molecular weight is 136 g/mol. The molecule has 0 aromatic carbocycles. The van der Waals surface area contributed by atoms with Crippen LogP contribution < -0.4 is 0 Å². The van der Waals surface area contributed by atoms with E-state index in [1.807, 2.05) is 0 Å². The Bertz CT molecular complexity index is 143. The lowest BCUT2D eigenvalue weighted by molar-refractivity contribution is 0.414. The predicted molar refractivity (Wildman–Crippen MR) is 41.4 cm³/mol.